The van der Waals surface area contributed by atoms with Gasteiger partial charge in [-0.25, -0.2) is 9.97 Å². The first kappa shape index (κ1) is 15.4. The zero-order valence-corrected chi connectivity index (χ0v) is 13.0. The summed E-state index contributed by atoms with van der Waals surface area (Å²) in [7, 11) is 2.05. The van der Waals surface area contributed by atoms with Crippen LogP contribution in [0.5, 0.6) is 0 Å². The fraction of sp³-hybridized carbons (Fsp3) is 0.438. The maximum absolute atomic E-state index is 5.58. The summed E-state index contributed by atoms with van der Waals surface area (Å²) in [5.74, 6) is 0.925. The van der Waals surface area contributed by atoms with E-state index >= 15 is 0 Å². The van der Waals surface area contributed by atoms with Crippen LogP contribution < -0.4 is 10.6 Å². The Balaban J connectivity index is 2.10. The Morgan fingerprint density at radius 2 is 2.10 bits per heavy atom. The topological polar surface area (TPSA) is 67.9 Å². The molecule has 0 aliphatic carbocycles. The zero-order chi connectivity index (χ0) is 15.2. The molecule has 0 radical (unpaired) electrons. The fourth-order valence-corrected chi connectivity index (χ4v) is 2.24. The molecule has 1 unspecified atom stereocenters. The summed E-state index contributed by atoms with van der Waals surface area (Å²) in [6.07, 6.45) is 5.12. The number of pyridine rings is 1. The van der Waals surface area contributed by atoms with Crippen LogP contribution in [0.25, 0.3) is 0 Å². The first-order valence-corrected chi connectivity index (χ1v) is 7.26. The average molecular weight is 285 g/mol. The molecule has 0 bridgehead atoms. The average Bonchev–Trinajstić information content (AvgIpc) is 2.49. The molecule has 0 aromatic carbocycles. The number of nitrogens with two attached hydrogens (primary N) is 1. The first-order valence-electron chi connectivity index (χ1n) is 7.26. The smallest absolute Gasteiger partial charge is 0.132 e. The quantitative estimate of drug-likeness (QED) is 0.875. The van der Waals surface area contributed by atoms with E-state index in [0.717, 1.165) is 30.0 Å². The van der Waals surface area contributed by atoms with Crippen molar-refractivity contribution >= 4 is 5.82 Å². The summed E-state index contributed by atoms with van der Waals surface area (Å²) in [6, 6.07) is 6.38. The van der Waals surface area contributed by atoms with Gasteiger partial charge < -0.3 is 10.6 Å². The van der Waals surface area contributed by atoms with E-state index < -0.39 is 0 Å². The van der Waals surface area contributed by atoms with Gasteiger partial charge in [-0.3, -0.25) is 4.98 Å². The number of likely N-dealkylation sites (N-methyl/N-ethyl adjacent to an activating group) is 1. The van der Waals surface area contributed by atoms with Crippen LogP contribution in [-0.2, 0) is 12.8 Å². The number of hydrogen-bond donors (Lipinski definition) is 1. The van der Waals surface area contributed by atoms with Crippen molar-refractivity contribution in [2.24, 2.45) is 5.73 Å². The Morgan fingerprint density at radius 1 is 1.29 bits per heavy atom. The molecule has 5 nitrogen and oxygen atoms in total. The van der Waals surface area contributed by atoms with Gasteiger partial charge in [0.05, 0.1) is 0 Å². The maximum Gasteiger partial charge on any atom is 0.132 e. The second-order valence-electron chi connectivity index (χ2n) is 5.34. The summed E-state index contributed by atoms with van der Waals surface area (Å²) < 4.78 is 0. The summed E-state index contributed by atoms with van der Waals surface area (Å²) in [5, 5.41) is 0. The number of aromatic nitrogens is 3. The number of rotatable bonds is 6. The fourth-order valence-electron chi connectivity index (χ4n) is 2.24. The van der Waals surface area contributed by atoms with Crippen LogP contribution in [0.4, 0.5) is 5.82 Å². The molecule has 1 atom stereocenters. The molecule has 2 N–H and O–H groups in total. The van der Waals surface area contributed by atoms with Crippen molar-refractivity contribution in [2.45, 2.75) is 32.7 Å². The molecule has 0 saturated heterocycles. The van der Waals surface area contributed by atoms with E-state index in [1.165, 1.54) is 5.56 Å². The van der Waals surface area contributed by atoms with E-state index in [0.29, 0.717) is 12.6 Å². The van der Waals surface area contributed by atoms with Gasteiger partial charge in [0.25, 0.3) is 0 Å². The van der Waals surface area contributed by atoms with E-state index in [9.17, 15) is 0 Å². The monoisotopic (exact) mass is 285 g/mol. The minimum atomic E-state index is 0.305. The van der Waals surface area contributed by atoms with Crippen LogP contribution in [0.3, 0.4) is 0 Å². The van der Waals surface area contributed by atoms with E-state index in [1.54, 1.807) is 6.33 Å². The highest BCUT2D eigenvalue weighted by molar-refractivity contribution is 5.39. The third-order valence-electron chi connectivity index (χ3n) is 3.74. The number of nitrogens with zero attached hydrogens (tertiary/aromatic N) is 4. The highest BCUT2D eigenvalue weighted by Gasteiger charge is 2.14. The summed E-state index contributed by atoms with van der Waals surface area (Å²) >= 11 is 0. The Morgan fingerprint density at radius 3 is 2.81 bits per heavy atom. The molecule has 2 aromatic heterocycles. The SMILES string of the molecule is Cc1cccnc1CC(C)N(C)c1cc(CCN)ncn1. The Bertz CT molecular complexity index is 584. The normalized spacial score (nSPS) is 12.2. The molecular formula is C16H23N5. The van der Waals surface area contributed by atoms with Crippen molar-refractivity contribution in [3.8, 4) is 0 Å². The largest absolute Gasteiger partial charge is 0.356 e. The standard InChI is InChI=1S/C16H23N5/c1-12-5-4-8-18-15(12)9-13(2)21(3)16-10-14(6-7-17)19-11-20-16/h4-5,8,10-11,13H,6-7,9,17H2,1-3H3. The van der Waals surface area contributed by atoms with E-state index in [2.05, 4.69) is 46.8 Å². The molecule has 0 aliphatic heterocycles. The summed E-state index contributed by atoms with van der Waals surface area (Å²) in [5.41, 5.74) is 8.92. The van der Waals surface area contributed by atoms with Gasteiger partial charge in [-0.05, 0) is 32.0 Å². The van der Waals surface area contributed by atoms with Crippen LogP contribution in [-0.4, -0.2) is 34.6 Å². The van der Waals surface area contributed by atoms with Crippen LogP contribution in [0, 0.1) is 6.92 Å². The van der Waals surface area contributed by atoms with Gasteiger partial charge >= 0.3 is 0 Å². The highest BCUT2D eigenvalue weighted by atomic mass is 15.2. The lowest BCUT2D eigenvalue weighted by Gasteiger charge is -2.26. The summed E-state index contributed by atoms with van der Waals surface area (Å²) in [4.78, 5) is 15.2. The van der Waals surface area contributed by atoms with Crippen molar-refractivity contribution in [3.63, 3.8) is 0 Å². The Kier molecular flexibility index (Phi) is 5.22. The van der Waals surface area contributed by atoms with Crippen LogP contribution in [0.2, 0.25) is 0 Å². The molecule has 2 heterocycles. The number of anilines is 1. The number of aryl methyl sites for hydroxylation is 1. The molecule has 2 rings (SSSR count). The molecule has 0 aliphatic rings. The van der Waals surface area contributed by atoms with Crippen molar-refractivity contribution in [1.82, 2.24) is 15.0 Å². The van der Waals surface area contributed by atoms with Gasteiger partial charge in [-0.15, -0.1) is 0 Å². The maximum atomic E-state index is 5.58. The van der Waals surface area contributed by atoms with E-state index in [4.69, 9.17) is 5.73 Å². The molecule has 0 spiro atoms. The molecule has 112 valence electrons. The van der Waals surface area contributed by atoms with Gasteiger partial charge in [0.15, 0.2) is 0 Å². The van der Waals surface area contributed by atoms with Gasteiger partial charge in [0, 0.05) is 49.6 Å². The molecule has 0 fully saturated rings. The third-order valence-corrected chi connectivity index (χ3v) is 3.74. The summed E-state index contributed by atoms with van der Waals surface area (Å²) in [6.45, 7) is 4.88. The zero-order valence-electron chi connectivity index (χ0n) is 13.0. The predicted molar refractivity (Wildman–Crippen MR) is 85.3 cm³/mol. The number of hydrogen-bond acceptors (Lipinski definition) is 5. The van der Waals surface area contributed by atoms with Gasteiger partial charge in [0.2, 0.25) is 0 Å². The molecule has 5 heteroatoms. The molecule has 21 heavy (non-hydrogen) atoms. The Hall–Kier alpha value is -2.01. The van der Waals surface area contributed by atoms with Crippen molar-refractivity contribution in [1.29, 1.82) is 0 Å². The van der Waals surface area contributed by atoms with Gasteiger partial charge in [-0.1, -0.05) is 6.07 Å². The highest BCUT2D eigenvalue weighted by Crippen LogP contribution is 2.16. The molecule has 0 amide bonds. The predicted octanol–water partition coefficient (Wildman–Crippen LogP) is 1.75. The van der Waals surface area contributed by atoms with Gasteiger partial charge in [-0.2, -0.15) is 0 Å². The Labute approximate surface area is 126 Å². The van der Waals surface area contributed by atoms with Crippen molar-refractivity contribution in [3.05, 3.63) is 47.7 Å². The molecular weight excluding hydrogens is 262 g/mol. The van der Waals surface area contributed by atoms with Crippen LogP contribution in [0.1, 0.15) is 23.9 Å². The lowest BCUT2D eigenvalue weighted by molar-refractivity contribution is 0.659. The van der Waals surface area contributed by atoms with Crippen LogP contribution in [0.15, 0.2) is 30.7 Å². The van der Waals surface area contributed by atoms with Crippen LogP contribution >= 0.6 is 0 Å². The van der Waals surface area contributed by atoms with Crippen molar-refractivity contribution < 1.29 is 0 Å². The molecule has 2 aromatic rings. The lowest BCUT2D eigenvalue weighted by Crippen LogP contribution is -2.32. The van der Waals surface area contributed by atoms with E-state index in [-0.39, 0.29) is 0 Å². The van der Waals surface area contributed by atoms with E-state index in [1.807, 2.05) is 18.3 Å². The second kappa shape index (κ2) is 7.13. The second-order valence-corrected chi connectivity index (χ2v) is 5.34. The molecule has 0 saturated carbocycles. The van der Waals surface area contributed by atoms with Crippen molar-refractivity contribution in [2.75, 3.05) is 18.5 Å². The minimum absolute atomic E-state index is 0.305. The lowest BCUT2D eigenvalue weighted by atomic mass is 10.1. The third kappa shape index (κ3) is 3.98. The van der Waals surface area contributed by atoms with Gasteiger partial charge in [0.1, 0.15) is 12.1 Å². The first-order chi connectivity index (χ1) is 10.1. The minimum Gasteiger partial charge on any atom is -0.356 e.